The van der Waals surface area contributed by atoms with E-state index in [1.807, 2.05) is 13.0 Å². The molecule has 2 amide bonds. The number of hydrogen-bond acceptors (Lipinski definition) is 5. The molecule has 1 unspecified atom stereocenters. The summed E-state index contributed by atoms with van der Waals surface area (Å²) in [6, 6.07) is 2.02. The number of carbonyl (C=O) groups is 2. The maximum absolute atomic E-state index is 12.7. The lowest BCUT2D eigenvalue weighted by Gasteiger charge is -2.17. The summed E-state index contributed by atoms with van der Waals surface area (Å²) in [6.07, 6.45) is 2.05. The van der Waals surface area contributed by atoms with Crippen molar-refractivity contribution in [2.24, 2.45) is 5.92 Å². The zero-order valence-corrected chi connectivity index (χ0v) is 14.8. The minimum atomic E-state index is -0.278. The standard InChI is InChI=1S/C17H19N3O3S/c1-9-6-11-12(23-9)4-5-13-15(11)18-17(24-13)20(3)16(22)10-7-14(21)19(2)8-10/h6,10H,4-5,7-8H2,1-3H3. The first-order valence-electron chi connectivity index (χ1n) is 8.05. The highest BCUT2D eigenvalue weighted by atomic mass is 32.1. The molecule has 0 aromatic carbocycles. The largest absolute Gasteiger partial charge is 0.466 e. The molecule has 0 N–H and O–H groups in total. The molecule has 0 spiro atoms. The number of rotatable bonds is 2. The molecule has 0 radical (unpaired) electrons. The van der Waals surface area contributed by atoms with Gasteiger partial charge in [0.05, 0.1) is 11.6 Å². The molecule has 0 saturated carbocycles. The molecule has 1 aliphatic carbocycles. The average Bonchev–Trinajstić information content (AvgIpc) is 3.22. The Morgan fingerprint density at radius 2 is 2.25 bits per heavy atom. The van der Waals surface area contributed by atoms with Gasteiger partial charge in [-0.1, -0.05) is 0 Å². The van der Waals surface area contributed by atoms with Crippen LogP contribution in [0.4, 0.5) is 5.13 Å². The molecule has 2 aromatic rings. The number of aryl methyl sites for hydroxylation is 3. The fourth-order valence-corrected chi connectivity index (χ4v) is 4.48. The van der Waals surface area contributed by atoms with Crippen molar-refractivity contribution in [2.45, 2.75) is 26.2 Å². The molecule has 1 aliphatic heterocycles. The summed E-state index contributed by atoms with van der Waals surface area (Å²) in [5.41, 5.74) is 1.99. The van der Waals surface area contributed by atoms with Gasteiger partial charge in [-0.25, -0.2) is 4.98 Å². The van der Waals surface area contributed by atoms with E-state index in [2.05, 4.69) is 0 Å². The Morgan fingerprint density at radius 1 is 1.46 bits per heavy atom. The van der Waals surface area contributed by atoms with E-state index in [-0.39, 0.29) is 24.2 Å². The van der Waals surface area contributed by atoms with Crippen LogP contribution in [0.2, 0.25) is 0 Å². The number of nitrogens with zero attached hydrogens (tertiary/aromatic N) is 3. The lowest BCUT2D eigenvalue weighted by molar-refractivity contribution is -0.127. The average molecular weight is 345 g/mol. The van der Waals surface area contributed by atoms with Crippen LogP contribution in [0.5, 0.6) is 0 Å². The van der Waals surface area contributed by atoms with E-state index in [4.69, 9.17) is 9.40 Å². The molecule has 0 bridgehead atoms. The predicted molar refractivity (Wildman–Crippen MR) is 91.1 cm³/mol. The molecular weight excluding hydrogens is 326 g/mol. The van der Waals surface area contributed by atoms with E-state index in [0.717, 1.165) is 35.6 Å². The Morgan fingerprint density at radius 3 is 2.96 bits per heavy atom. The van der Waals surface area contributed by atoms with Crippen LogP contribution >= 0.6 is 11.3 Å². The summed E-state index contributed by atoms with van der Waals surface area (Å²) in [7, 11) is 3.48. The molecule has 1 atom stereocenters. The topological polar surface area (TPSA) is 66.7 Å². The lowest BCUT2D eigenvalue weighted by Crippen LogP contribution is -2.34. The van der Waals surface area contributed by atoms with Gasteiger partial charge in [0.2, 0.25) is 11.8 Å². The Kier molecular flexibility index (Phi) is 3.49. The zero-order chi connectivity index (χ0) is 17.0. The van der Waals surface area contributed by atoms with Gasteiger partial charge < -0.3 is 9.32 Å². The van der Waals surface area contributed by atoms with Crippen molar-refractivity contribution in [3.8, 4) is 11.3 Å². The second-order valence-electron chi connectivity index (χ2n) is 6.53. The fraction of sp³-hybridized carbons (Fsp3) is 0.471. The minimum Gasteiger partial charge on any atom is -0.466 e. The first-order valence-corrected chi connectivity index (χ1v) is 8.86. The van der Waals surface area contributed by atoms with Gasteiger partial charge in [-0.3, -0.25) is 14.5 Å². The first-order chi connectivity index (χ1) is 11.4. The van der Waals surface area contributed by atoms with Crippen molar-refractivity contribution in [1.82, 2.24) is 9.88 Å². The van der Waals surface area contributed by atoms with Crippen molar-refractivity contribution in [3.63, 3.8) is 0 Å². The summed E-state index contributed by atoms with van der Waals surface area (Å²) < 4.78 is 5.73. The van der Waals surface area contributed by atoms with Gasteiger partial charge in [-0.05, 0) is 19.4 Å². The zero-order valence-electron chi connectivity index (χ0n) is 14.0. The molecule has 4 rings (SSSR count). The van der Waals surface area contributed by atoms with Gasteiger partial charge in [-0.2, -0.15) is 0 Å². The number of anilines is 1. The molecule has 7 heteroatoms. The highest BCUT2D eigenvalue weighted by molar-refractivity contribution is 7.16. The molecular formula is C17H19N3O3S. The lowest BCUT2D eigenvalue weighted by atomic mass is 10.0. The first kappa shape index (κ1) is 15.4. The van der Waals surface area contributed by atoms with Crippen molar-refractivity contribution in [3.05, 3.63) is 22.5 Å². The van der Waals surface area contributed by atoms with Crippen molar-refractivity contribution >= 4 is 28.3 Å². The fourth-order valence-electron chi connectivity index (χ4n) is 3.44. The third-order valence-electron chi connectivity index (χ3n) is 4.76. The van der Waals surface area contributed by atoms with Crippen LogP contribution in [-0.4, -0.2) is 42.3 Å². The number of carbonyl (C=O) groups excluding carboxylic acids is 2. The molecule has 126 valence electrons. The molecule has 1 fully saturated rings. The second-order valence-corrected chi connectivity index (χ2v) is 7.60. The van der Waals surface area contributed by atoms with E-state index >= 15 is 0 Å². The maximum Gasteiger partial charge on any atom is 0.233 e. The van der Waals surface area contributed by atoms with Crippen molar-refractivity contribution < 1.29 is 14.0 Å². The van der Waals surface area contributed by atoms with E-state index in [0.29, 0.717) is 11.7 Å². The number of furan rings is 1. The van der Waals surface area contributed by atoms with Gasteiger partial charge in [-0.15, -0.1) is 11.3 Å². The van der Waals surface area contributed by atoms with Crippen LogP contribution in [-0.2, 0) is 22.4 Å². The van der Waals surface area contributed by atoms with Crippen LogP contribution in [0.3, 0.4) is 0 Å². The highest BCUT2D eigenvalue weighted by Gasteiger charge is 2.35. The van der Waals surface area contributed by atoms with E-state index in [9.17, 15) is 9.59 Å². The van der Waals surface area contributed by atoms with Gasteiger partial charge in [0.25, 0.3) is 0 Å². The summed E-state index contributed by atoms with van der Waals surface area (Å²) in [5, 5.41) is 0.693. The van der Waals surface area contributed by atoms with Crippen LogP contribution in [0.1, 0.15) is 22.8 Å². The Balaban J connectivity index is 1.61. The van der Waals surface area contributed by atoms with Crippen molar-refractivity contribution in [2.75, 3.05) is 25.5 Å². The van der Waals surface area contributed by atoms with Crippen LogP contribution < -0.4 is 4.90 Å². The number of hydrogen-bond donors (Lipinski definition) is 0. The number of aromatic nitrogens is 1. The van der Waals surface area contributed by atoms with Gasteiger partial charge in [0, 0.05) is 43.9 Å². The van der Waals surface area contributed by atoms with Crippen LogP contribution in [0.15, 0.2) is 10.5 Å². The Labute approximate surface area is 144 Å². The number of likely N-dealkylation sites (tertiary alicyclic amines) is 1. The van der Waals surface area contributed by atoms with Crippen LogP contribution in [0.25, 0.3) is 11.3 Å². The summed E-state index contributed by atoms with van der Waals surface area (Å²) in [4.78, 5) is 33.5. The molecule has 1 saturated heterocycles. The third-order valence-corrected chi connectivity index (χ3v) is 5.95. The number of fused-ring (bicyclic) bond motifs is 3. The number of amides is 2. The minimum absolute atomic E-state index is 0.0266. The number of thiazole rings is 1. The predicted octanol–water partition coefficient (Wildman–Crippen LogP) is 2.25. The van der Waals surface area contributed by atoms with Crippen molar-refractivity contribution in [1.29, 1.82) is 0 Å². The van der Waals surface area contributed by atoms with Gasteiger partial charge in [0.1, 0.15) is 11.5 Å². The summed E-state index contributed by atoms with van der Waals surface area (Å²) in [6.45, 7) is 2.42. The van der Waals surface area contributed by atoms with Gasteiger partial charge >= 0.3 is 0 Å². The molecule has 3 heterocycles. The molecule has 2 aliphatic rings. The summed E-state index contributed by atoms with van der Waals surface area (Å²) in [5.74, 6) is 1.58. The maximum atomic E-state index is 12.7. The van der Waals surface area contributed by atoms with E-state index in [1.54, 1.807) is 35.2 Å². The summed E-state index contributed by atoms with van der Waals surface area (Å²) >= 11 is 1.56. The molecule has 6 nitrogen and oxygen atoms in total. The smallest absolute Gasteiger partial charge is 0.233 e. The quantitative estimate of drug-likeness (QED) is 0.837. The van der Waals surface area contributed by atoms with E-state index < -0.39 is 0 Å². The Bertz CT molecular complexity index is 838. The second kappa shape index (κ2) is 5.44. The normalized spacial score (nSPS) is 19.4. The molecule has 2 aromatic heterocycles. The van der Waals surface area contributed by atoms with E-state index in [1.165, 1.54) is 4.88 Å². The highest BCUT2D eigenvalue weighted by Crippen LogP contribution is 2.40. The van der Waals surface area contributed by atoms with Crippen LogP contribution in [0, 0.1) is 12.8 Å². The van der Waals surface area contributed by atoms with Gasteiger partial charge in [0.15, 0.2) is 5.13 Å². The monoisotopic (exact) mass is 345 g/mol. The third kappa shape index (κ3) is 2.34. The Hall–Kier alpha value is -2.15. The molecule has 24 heavy (non-hydrogen) atoms. The SMILES string of the molecule is Cc1cc2c(o1)CCc1sc(N(C)C(=O)C3CC(=O)N(C)C3)nc1-2.